The number of thioether (sulfide) groups is 1. The molecule has 1 heterocycles. The largest absolute Gasteiger partial charge is 0.355 e. The van der Waals surface area contributed by atoms with Crippen LogP contribution in [0.25, 0.3) is 0 Å². The van der Waals surface area contributed by atoms with Gasteiger partial charge in [-0.25, -0.2) is 4.98 Å². The topological polar surface area (TPSA) is 42.0 Å². The molecule has 1 aromatic heterocycles. The predicted molar refractivity (Wildman–Crippen MR) is 67.6 cm³/mol. The van der Waals surface area contributed by atoms with Crippen LogP contribution in [0.15, 0.2) is 23.4 Å². The van der Waals surface area contributed by atoms with E-state index >= 15 is 0 Å². The van der Waals surface area contributed by atoms with Crippen LogP contribution in [0.3, 0.4) is 0 Å². The Hall–Kier alpha value is -1.03. The maximum absolute atomic E-state index is 11.4. The molecule has 0 radical (unpaired) electrons. The first kappa shape index (κ1) is 13.0. The number of nitrogens with zero attached hydrogens (tertiary/aromatic N) is 1. The summed E-state index contributed by atoms with van der Waals surface area (Å²) in [5.74, 6) is 0.528. The van der Waals surface area contributed by atoms with E-state index in [1.165, 1.54) is 11.8 Å². The first-order valence-electron chi connectivity index (χ1n) is 5.54. The molecule has 0 aliphatic carbocycles. The van der Waals surface area contributed by atoms with Gasteiger partial charge in [-0.15, -0.1) is 0 Å². The van der Waals surface area contributed by atoms with Gasteiger partial charge in [0.1, 0.15) is 0 Å². The molecule has 1 rings (SSSR count). The lowest BCUT2D eigenvalue weighted by molar-refractivity contribution is -0.118. The predicted octanol–water partition coefficient (Wildman–Crippen LogP) is 2.40. The fourth-order valence-corrected chi connectivity index (χ4v) is 1.81. The highest BCUT2D eigenvalue weighted by Crippen LogP contribution is 2.14. The second kappa shape index (κ2) is 7.28. The maximum Gasteiger partial charge on any atom is 0.230 e. The molecule has 0 spiro atoms. The number of amides is 1. The molecule has 0 aliphatic heterocycles. The van der Waals surface area contributed by atoms with Gasteiger partial charge in [-0.05, 0) is 25.0 Å². The Bertz CT molecular complexity index is 324. The van der Waals surface area contributed by atoms with E-state index in [4.69, 9.17) is 0 Å². The minimum Gasteiger partial charge on any atom is -0.355 e. The summed E-state index contributed by atoms with van der Waals surface area (Å²) in [6, 6.07) is 3.95. The van der Waals surface area contributed by atoms with Gasteiger partial charge in [-0.3, -0.25) is 4.79 Å². The van der Waals surface area contributed by atoms with Crippen molar-refractivity contribution in [1.29, 1.82) is 0 Å². The monoisotopic (exact) mass is 238 g/mol. The highest BCUT2D eigenvalue weighted by atomic mass is 32.2. The molecule has 1 aromatic rings. The van der Waals surface area contributed by atoms with Crippen molar-refractivity contribution in [1.82, 2.24) is 10.3 Å². The molecule has 1 N–H and O–H groups in total. The van der Waals surface area contributed by atoms with Crippen molar-refractivity contribution < 1.29 is 4.79 Å². The number of hydrogen-bond donors (Lipinski definition) is 1. The van der Waals surface area contributed by atoms with E-state index < -0.39 is 0 Å². The third-order valence-corrected chi connectivity index (χ3v) is 3.03. The van der Waals surface area contributed by atoms with Gasteiger partial charge in [0, 0.05) is 12.7 Å². The molecule has 0 fully saturated rings. The van der Waals surface area contributed by atoms with Crippen molar-refractivity contribution in [3.05, 3.63) is 23.9 Å². The lowest BCUT2D eigenvalue weighted by atomic mass is 10.3. The highest BCUT2D eigenvalue weighted by molar-refractivity contribution is 7.99. The summed E-state index contributed by atoms with van der Waals surface area (Å²) in [5, 5.41) is 3.78. The number of rotatable bonds is 6. The van der Waals surface area contributed by atoms with Gasteiger partial charge < -0.3 is 5.32 Å². The summed E-state index contributed by atoms with van der Waals surface area (Å²) in [7, 11) is 0. The average Bonchev–Trinajstić information content (AvgIpc) is 2.29. The van der Waals surface area contributed by atoms with Crippen LogP contribution < -0.4 is 5.32 Å². The first-order chi connectivity index (χ1) is 7.72. The van der Waals surface area contributed by atoms with Gasteiger partial charge in [-0.2, -0.15) is 0 Å². The zero-order valence-electron chi connectivity index (χ0n) is 9.82. The second-order valence-electron chi connectivity index (χ2n) is 3.67. The molecule has 0 aromatic carbocycles. The summed E-state index contributed by atoms with van der Waals surface area (Å²) >= 11 is 1.47. The van der Waals surface area contributed by atoms with Crippen molar-refractivity contribution in [3.63, 3.8) is 0 Å². The molecule has 4 heteroatoms. The van der Waals surface area contributed by atoms with E-state index in [9.17, 15) is 4.79 Å². The van der Waals surface area contributed by atoms with Crippen LogP contribution >= 0.6 is 11.8 Å². The fraction of sp³-hybridized carbons (Fsp3) is 0.500. The number of pyridine rings is 1. The Morgan fingerprint density at radius 1 is 1.50 bits per heavy atom. The van der Waals surface area contributed by atoms with E-state index in [1.54, 1.807) is 0 Å². The normalized spacial score (nSPS) is 10.1. The number of carbonyl (C=O) groups excluding carboxylic acids is 1. The molecule has 16 heavy (non-hydrogen) atoms. The van der Waals surface area contributed by atoms with E-state index in [2.05, 4.69) is 17.2 Å². The molecule has 1 amide bonds. The third kappa shape index (κ3) is 5.16. The van der Waals surface area contributed by atoms with Gasteiger partial charge in [0.25, 0.3) is 0 Å². The van der Waals surface area contributed by atoms with Crippen molar-refractivity contribution in [2.24, 2.45) is 0 Å². The Kier molecular flexibility index (Phi) is 5.93. The summed E-state index contributed by atoms with van der Waals surface area (Å²) in [4.78, 5) is 15.6. The lowest BCUT2D eigenvalue weighted by Crippen LogP contribution is -2.26. The van der Waals surface area contributed by atoms with E-state index in [0.29, 0.717) is 5.75 Å². The van der Waals surface area contributed by atoms with Crippen LogP contribution in [-0.4, -0.2) is 23.2 Å². The molecule has 88 valence electrons. The minimum atomic E-state index is 0.0841. The SMILES string of the molecule is CCCCNC(=O)CSc1ccc(C)cn1. The molecule has 0 bridgehead atoms. The summed E-state index contributed by atoms with van der Waals surface area (Å²) < 4.78 is 0. The first-order valence-corrected chi connectivity index (χ1v) is 6.53. The Labute approximate surface area is 101 Å². The Morgan fingerprint density at radius 2 is 2.31 bits per heavy atom. The minimum absolute atomic E-state index is 0.0841. The molecule has 0 unspecified atom stereocenters. The zero-order chi connectivity index (χ0) is 11.8. The lowest BCUT2D eigenvalue weighted by Gasteiger charge is -2.03. The number of aromatic nitrogens is 1. The van der Waals surface area contributed by atoms with Crippen LogP contribution in [0, 0.1) is 6.92 Å². The Balaban J connectivity index is 2.23. The van der Waals surface area contributed by atoms with Crippen molar-refractivity contribution in [2.45, 2.75) is 31.7 Å². The molecule has 0 aliphatic rings. The summed E-state index contributed by atoms with van der Waals surface area (Å²) in [6.45, 7) is 4.88. The third-order valence-electron chi connectivity index (χ3n) is 2.09. The number of nitrogens with one attached hydrogen (secondary N) is 1. The fourth-order valence-electron chi connectivity index (χ4n) is 1.13. The van der Waals surface area contributed by atoms with Gasteiger partial charge in [0.05, 0.1) is 10.8 Å². The molecular formula is C12H18N2OS. The van der Waals surface area contributed by atoms with Gasteiger partial charge in [0.15, 0.2) is 0 Å². The number of hydrogen-bond acceptors (Lipinski definition) is 3. The van der Waals surface area contributed by atoms with E-state index in [1.807, 2.05) is 25.3 Å². The smallest absolute Gasteiger partial charge is 0.230 e. The van der Waals surface area contributed by atoms with Crippen molar-refractivity contribution in [2.75, 3.05) is 12.3 Å². The van der Waals surface area contributed by atoms with Crippen molar-refractivity contribution in [3.8, 4) is 0 Å². The molecular weight excluding hydrogens is 220 g/mol. The maximum atomic E-state index is 11.4. The van der Waals surface area contributed by atoms with Crippen molar-refractivity contribution >= 4 is 17.7 Å². The van der Waals surface area contributed by atoms with Crippen LogP contribution in [0.1, 0.15) is 25.3 Å². The van der Waals surface area contributed by atoms with Crippen LogP contribution in [0.5, 0.6) is 0 Å². The van der Waals surface area contributed by atoms with Gasteiger partial charge >= 0.3 is 0 Å². The molecule has 0 saturated carbocycles. The Morgan fingerprint density at radius 3 is 2.94 bits per heavy atom. The number of unbranched alkanes of at least 4 members (excludes halogenated alkanes) is 1. The molecule has 0 atom stereocenters. The highest BCUT2D eigenvalue weighted by Gasteiger charge is 2.02. The van der Waals surface area contributed by atoms with Crippen LogP contribution in [0.4, 0.5) is 0 Å². The number of carbonyl (C=O) groups is 1. The standard InChI is InChI=1S/C12H18N2OS/c1-3-4-7-13-11(15)9-16-12-6-5-10(2)8-14-12/h5-6,8H,3-4,7,9H2,1-2H3,(H,13,15). The number of aryl methyl sites for hydroxylation is 1. The quantitative estimate of drug-likeness (QED) is 0.611. The molecule has 3 nitrogen and oxygen atoms in total. The van der Waals surface area contributed by atoms with Gasteiger partial charge in [0.2, 0.25) is 5.91 Å². The summed E-state index contributed by atoms with van der Waals surface area (Å²) in [5.41, 5.74) is 1.14. The zero-order valence-corrected chi connectivity index (χ0v) is 10.6. The van der Waals surface area contributed by atoms with Crippen LogP contribution in [0.2, 0.25) is 0 Å². The van der Waals surface area contributed by atoms with Crippen LogP contribution in [-0.2, 0) is 4.79 Å². The van der Waals surface area contributed by atoms with Gasteiger partial charge in [-0.1, -0.05) is 31.2 Å². The average molecular weight is 238 g/mol. The van der Waals surface area contributed by atoms with E-state index in [0.717, 1.165) is 30.0 Å². The second-order valence-corrected chi connectivity index (χ2v) is 4.66. The molecule has 0 saturated heterocycles. The summed E-state index contributed by atoms with van der Waals surface area (Å²) in [6.07, 6.45) is 3.96. The van der Waals surface area contributed by atoms with E-state index in [-0.39, 0.29) is 5.91 Å².